The van der Waals surface area contributed by atoms with Gasteiger partial charge >= 0.3 is 0 Å². The van der Waals surface area contributed by atoms with E-state index in [0.717, 1.165) is 18.9 Å². The molecule has 0 saturated carbocycles. The lowest BCUT2D eigenvalue weighted by Crippen LogP contribution is -2.19. The summed E-state index contributed by atoms with van der Waals surface area (Å²) in [6.45, 7) is 7.84. The number of nitro benzene ring substituents is 1. The van der Waals surface area contributed by atoms with Gasteiger partial charge in [0.2, 0.25) is 0 Å². The van der Waals surface area contributed by atoms with Crippen LogP contribution in [0.4, 0.5) is 15.8 Å². The number of benzene rings is 1. The van der Waals surface area contributed by atoms with Gasteiger partial charge in [0.1, 0.15) is 11.5 Å². The van der Waals surface area contributed by atoms with E-state index in [2.05, 4.69) is 19.2 Å². The average molecular weight is 268 g/mol. The molecule has 0 amide bonds. The average Bonchev–Trinajstić information content (AvgIpc) is 2.32. The summed E-state index contributed by atoms with van der Waals surface area (Å²) in [4.78, 5) is 10.4. The highest BCUT2D eigenvalue weighted by Crippen LogP contribution is 2.28. The Hall–Kier alpha value is -1.65. The molecule has 1 rings (SSSR count). The highest BCUT2D eigenvalue weighted by atomic mass is 19.1. The summed E-state index contributed by atoms with van der Waals surface area (Å²) < 4.78 is 13.4. The smallest absolute Gasteiger partial charge is 0.295 e. The van der Waals surface area contributed by atoms with Crippen LogP contribution in [-0.2, 0) is 0 Å². The maximum absolute atomic E-state index is 13.4. The minimum Gasteiger partial charge on any atom is -0.377 e. The van der Waals surface area contributed by atoms with Crippen molar-refractivity contribution >= 4 is 11.4 Å². The molecule has 4 nitrogen and oxygen atoms in total. The van der Waals surface area contributed by atoms with Crippen LogP contribution in [0.3, 0.4) is 0 Å². The first-order chi connectivity index (χ1) is 8.85. The molecule has 19 heavy (non-hydrogen) atoms. The third-order valence-electron chi connectivity index (χ3n) is 3.33. The van der Waals surface area contributed by atoms with E-state index < -0.39 is 10.7 Å². The highest BCUT2D eigenvalue weighted by Gasteiger charge is 2.18. The van der Waals surface area contributed by atoms with Crippen LogP contribution >= 0.6 is 0 Å². The topological polar surface area (TPSA) is 55.2 Å². The number of nitrogens with zero attached hydrogens (tertiary/aromatic N) is 1. The Morgan fingerprint density at radius 1 is 1.42 bits per heavy atom. The molecule has 0 aliphatic rings. The SMILES string of the molecule is CCC(C)CC(C)Nc1cc(C)c(F)cc1[N+](=O)[O-]. The predicted octanol–water partition coefficient (Wildman–Crippen LogP) is 4.28. The van der Waals surface area contributed by atoms with Crippen molar-refractivity contribution in [2.75, 3.05) is 5.32 Å². The zero-order valence-electron chi connectivity index (χ0n) is 11.9. The van der Waals surface area contributed by atoms with Gasteiger partial charge in [-0.25, -0.2) is 4.39 Å². The Balaban J connectivity index is 2.93. The molecule has 0 fully saturated rings. The van der Waals surface area contributed by atoms with Gasteiger partial charge in [0.25, 0.3) is 5.69 Å². The van der Waals surface area contributed by atoms with Gasteiger partial charge in [-0.1, -0.05) is 20.3 Å². The standard InChI is InChI=1S/C14H21FN2O2/c1-5-9(2)6-11(4)16-13-7-10(3)12(15)8-14(13)17(18)19/h7-9,11,16H,5-6H2,1-4H3. The van der Waals surface area contributed by atoms with Crippen LogP contribution in [0.15, 0.2) is 12.1 Å². The molecule has 5 heteroatoms. The summed E-state index contributed by atoms with van der Waals surface area (Å²) in [5, 5.41) is 14.1. The van der Waals surface area contributed by atoms with Crippen LogP contribution in [0, 0.1) is 28.8 Å². The molecule has 0 aliphatic carbocycles. The van der Waals surface area contributed by atoms with Crippen molar-refractivity contribution < 1.29 is 9.31 Å². The zero-order valence-corrected chi connectivity index (χ0v) is 11.9. The van der Waals surface area contributed by atoms with Crippen molar-refractivity contribution in [3.05, 3.63) is 33.6 Å². The molecule has 0 saturated heterocycles. The Morgan fingerprint density at radius 2 is 2.05 bits per heavy atom. The van der Waals surface area contributed by atoms with Crippen molar-refractivity contribution in [2.24, 2.45) is 5.92 Å². The van der Waals surface area contributed by atoms with Gasteiger partial charge in [-0.15, -0.1) is 0 Å². The minimum absolute atomic E-state index is 0.110. The highest BCUT2D eigenvalue weighted by molar-refractivity contribution is 5.63. The molecule has 1 aromatic carbocycles. The number of hydrogen-bond donors (Lipinski definition) is 1. The molecule has 0 heterocycles. The molecule has 2 unspecified atom stereocenters. The number of nitro groups is 1. The largest absolute Gasteiger partial charge is 0.377 e. The number of hydrogen-bond acceptors (Lipinski definition) is 3. The first kappa shape index (κ1) is 15.4. The fourth-order valence-corrected chi connectivity index (χ4v) is 2.03. The first-order valence-corrected chi connectivity index (χ1v) is 6.56. The van der Waals surface area contributed by atoms with E-state index in [1.54, 1.807) is 6.92 Å². The van der Waals surface area contributed by atoms with E-state index in [1.165, 1.54) is 6.07 Å². The number of halogens is 1. The Labute approximate surface area is 113 Å². The zero-order chi connectivity index (χ0) is 14.6. The lowest BCUT2D eigenvalue weighted by atomic mass is 10.00. The lowest BCUT2D eigenvalue weighted by molar-refractivity contribution is -0.384. The maximum Gasteiger partial charge on any atom is 0.295 e. The summed E-state index contributed by atoms with van der Waals surface area (Å²) in [6.07, 6.45) is 1.99. The van der Waals surface area contributed by atoms with Gasteiger partial charge in [-0.3, -0.25) is 10.1 Å². The molecule has 0 aromatic heterocycles. The molecule has 1 aromatic rings. The van der Waals surface area contributed by atoms with E-state index in [1.807, 2.05) is 6.92 Å². The van der Waals surface area contributed by atoms with Crippen LogP contribution in [0.1, 0.15) is 39.2 Å². The van der Waals surface area contributed by atoms with Gasteiger partial charge < -0.3 is 5.32 Å². The second-order valence-electron chi connectivity index (χ2n) is 5.17. The van der Waals surface area contributed by atoms with Crippen LogP contribution in [0.5, 0.6) is 0 Å². The van der Waals surface area contributed by atoms with Crippen molar-refractivity contribution in [1.29, 1.82) is 0 Å². The number of nitrogens with one attached hydrogen (secondary N) is 1. The van der Waals surface area contributed by atoms with E-state index in [4.69, 9.17) is 0 Å². The molecule has 0 aliphatic heterocycles. The number of rotatable bonds is 6. The Morgan fingerprint density at radius 3 is 2.58 bits per heavy atom. The van der Waals surface area contributed by atoms with E-state index in [0.29, 0.717) is 17.2 Å². The third-order valence-corrected chi connectivity index (χ3v) is 3.33. The first-order valence-electron chi connectivity index (χ1n) is 6.56. The van der Waals surface area contributed by atoms with Crippen LogP contribution in [0.25, 0.3) is 0 Å². The van der Waals surface area contributed by atoms with Gasteiger partial charge in [0, 0.05) is 6.04 Å². The van der Waals surface area contributed by atoms with E-state index in [9.17, 15) is 14.5 Å². The van der Waals surface area contributed by atoms with Crippen molar-refractivity contribution in [3.63, 3.8) is 0 Å². The van der Waals surface area contributed by atoms with Crippen molar-refractivity contribution in [3.8, 4) is 0 Å². The normalized spacial score (nSPS) is 13.9. The second kappa shape index (κ2) is 6.50. The van der Waals surface area contributed by atoms with Gasteiger partial charge in [-0.05, 0) is 37.8 Å². The summed E-state index contributed by atoms with van der Waals surface area (Å²) in [6, 6.07) is 2.59. The number of anilines is 1. The Kier molecular flexibility index (Phi) is 5.27. The van der Waals surface area contributed by atoms with E-state index in [-0.39, 0.29) is 11.7 Å². The molecule has 0 spiro atoms. The Bertz CT molecular complexity index is 463. The summed E-state index contributed by atoms with van der Waals surface area (Å²) in [5.74, 6) is -0.00469. The molecule has 1 N–H and O–H groups in total. The molecule has 2 atom stereocenters. The minimum atomic E-state index is -0.555. The summed E-state index contributed by atoms with van der Waals surface area (Å²) in [7, 11) is 0. The molecule has 0 radical (unpaired) electrons. The summed E-state index contributed by atoms with van der Waals surface area (Å²) in [5.41, 5.74) is 0.586. The lowest BCUT2D eigenvalue weighted by Gasteiger charge is -2.19. The van der Waals surface area contributed by atoms with Crippen LogP contribution < -0.4 is 5.32 Å². The van der Waals surface area contributed by atoms with Gasteiger partial charge in [0.15, 0.2) is 0 Å². The fraction of sp³-hybridized carbons (Fsp3) is 0.571. The van der Waals surface area contributed by atoms with E-state index >= 15 is 0 Å². The van der Waals surface area contributed by atoms with Gasteiger partial charge in [-0.2, -0.15) is 0 Å². The van der Waals surface area contributed by atoms with Gasteiger partial charge in [0.05, 0.1) is 11.0 Å². The maximum atomic E-state index is 13.4. The monoisotopic (exact) mass is 268 g/mol. The quantitative estimate of drug-likeness (QED) is 0.619. The predicted molar refractivity (Wildman–Crippen MR) is 74.9 cm³/mol. The van der Waals surface area contributed by atoms with Crippen molar-refractivity contribution in [1.82, 2.24) is 0 Å². The summed E-state index contributed by atoms with van der Waals surface area (Å²) >= 11 is 0. The van der Waals surface area contributed by atoms with Crippen molar-refractivity contribution in [2.45, 2.75) is 46.6 Å². The second-order valence-corrected chi connectivity index (χ2v) is 5.17. The molecular weight excluding hydrogens is 247 g/mol. The fourth-order valence-electron chi connectivity index (χ4n) is 2.03. The number of aryl methyl sites for hydroxylation is 1. The third kappa shape index (κ3) is 4.19. The van der Waals surface area contributed by atoms with Crippen LogP contribution in [0.2, 0.25) is 0 Å². The molecule has 0 bridgehead atoms. The molecule has 106 valence electrons. The molecular formula is C14H21FN2O2. The van der Waals surface area contributed by atoms with Crippen LogP contribution in [-0.4, -0.2) is 11.0 Å².